The molecule has 0 aliphatic carbocycles. The highest BCUT2D eigenvalue weighted by molar-refractivity contribution is 7.91. The molecule has 3 rings (SSSR count). The Morgan fingerprint density at radius 2 is 1.65 bits per heavy atom. The average molecular weight is 396 g/mol. The number of methoxy groups -OCH3 is 1. The molecule has 1 fully saturated rings. The summed E-state index contributed by atoms with van der Waals surface area (Å²) in [4.78, 5) is 0.271. The minimum Gasteiger partial charge on any atom is -0.495 e. The van der Waals surface area contributed by atoms with Crippen LogP contribution in [0.15, 0.2) is 64.4 Å². The smallest absolute Gasteiger partial charge is 0.247 e. The number of hydrogen-bond acceptors (Lipinski definition) is 5. The largest absolute Gasteiger partial charge is 0.495 e. The minimum atomic E-state index is -3.84. The van der Waals surface area contributed by atoms with Gasteiger partial charge in [0.25, 0.3) is 0 Å². The van der Waals surface area contributed by atoms with Crippen LogP contribution in [0.1, 0.15) is 12.8 Å². The van der Waals surface area contributed by atoms with Gasteiger partial charge in [-0.3, -0.25) is 0 Å². The number of nitrogens with zero attached hydrogens (tertiary/aromatic N) is 1. The van der Waals surface area contributed by atoms with Crippen LogP contribution in [0.2, 0.25) is 0 Å². The Morgan fingerprint density at radius 3 is 2.35 bits per heavy atom. The number of sulfone groups is 1. The number of benzene rings is 2. The Labute approximate surface area is 154 Å². The SMILES string of the molecule is COc1ccccc1S(=O)(=O)N1CCC[C@@H]1CS(=O)(=O)c1ccccc1. The van der Waals surface area contributed by atoms with Gasteiger partial charge in [0, 0.05) is 12.6 Å². The van der Waals surface area contributed by atoms with E-state index in [9.17, 15) is 16.8 Å². The quantitative estimate of drug-likeness (QED) is 0.750. The molecule has 26 heavy (non-hydrogen) atoms. The van der Waals surface area contributed by atoms with E-state index >= 15 is 0 Å². The second-order valence-electron chi connectivity index (χ2n) is 6.16. The first kappa shape index (κ1) is 18.9. The van der Waals surface area contributed by atoms with Crippen molar-refractivity contribution in [2.45, 2.75) is 28.7 Å². The van der Waals surface area contributed by atoms with Crippen molar-refractivity contribution in [3.63, 3.8) is 0 Å². The molecule has 0 spiro atoms. The first-order valence-corrected chi connectivity index (χ1v) is 11.4. The maximum absolute atomic E-state index is 13.1. The predicted octanol–water partition coefficient (Wildman–Crippen LogP) is 2.32. The predicted molar refractivity (Wildman–Crippen MR) is 98.4 cm³/mol. The fourth-order valence-electron chi connectivity index (χ4n) is 3.23. The molecule has 1 aliphatic rings. The van der Waals surface area contributed by atoms with E-state index in [1.54, 1.807) is 36.4 Å². The summed E-state index contributed by atoms with van der Waals surface area (Å²) in [6, 6.07) is 13.9. The van der Waals surface area contributed by atoms with Crippen LogP contribution in [-0.2, 0) is 19.9 Å². The Hall–Kier alpha value is -1.90. The van der Waals surface area contributed by atoms with Gasteiger partial charge in [0.15, 0.2) is 9.84 Å². The van der Waals surface area contributed by atoms with Crippen LogP contribution in [0.5, 0.6) is 5.75 Å². The number of para-hydroxylation sites is 1. The third-order valence-electron chi connectivity index (χ3n) is 4.49. The Morgan fingerprint density at radius 1 is 1.00 bits per heavy atom. The van der Waals surface area contributed by atoms with E-state index in [0.717, 1.165) is 0 Å². The lowest BCUT2D eigenvalue weighted by Gasteiger charge is -2.24. The molecule has 2 aromatic rings. The van der Waals surface area contributed by atoms with Crippen LogP contribution in [0, 0.1) is 0 Å². The van der Waals surface area contributed by atoms with Crippen molar-refractivity contribution in [2.75, 3.05) is 19.4 Å². The van der Waals surface area contributed by atoms with E-state index in [-0.39, 0.29) is 21.3 Å². The second-order valence-corrected chi connectivity index (χ2v) is 10.1. The van der Waals surface area contributed by atoms with Gasteiger partial charge in [-0.15, -0.1) is 0 Å². The van der Waals surface area contributed by atoms with Crippen molar-refractivity contribution >= 4 is 19.9 Å². The summed E-state index contributed by atoms with van der Waals surface area (Å²) in [7, 11) is -6.00. The number of ether oxygens (including phenoxy) is 1. The van der Waals surface area contributed by atoms with Gasteiger partial charge < -0.3 is 4.74 Å². The molecule has 0 radical (unpaired) electrons. The molecule has 2 aromatic carbocycles. The summed E-state index contributed by atoms with van der Waals surface area (Å²) in [6.07, 6.45) is 1.14. The van der Waals surface area contributed by atoms with Crippen molar-refractivity contribution < 1.29 is 21.6 Å². The average Bonchev–Trinajstić information content (AvgIpc) is 3.10. The third-order valence-corrected chi connectivity index (χ3v) is 8.30. The van der Waals surface area contributed by atoms with Crippen molar-refractivity contribution in [3.05, 3.63) is 54.6 Å². The molecule has 6 nitrogen and oxygen atoms in total. The van der Waals surface area contributed by atoms with Gasteiger partial charge >= 0.3 is 0 Å². The third kappa shape index (κ3) is 3.62. The van der Waals surface area contributed by atoms with E-state index < -0.39 is 25.9 Å². The van der Waals surface area contributed by atoms with E-state index in [2.05, 4.69) is 0 Å². The summed E-state index contributed by atoms with van der Waals surface area (Å²) in [5, 5.41) is 0. The first-order valence-electron chi connectivity index (χ1n) is 8.29. The zero-order valence-corrected chi connectivity index (χ0v) is 16.0. The highest BCUT2D eigenvalue weighted by atomic mass is 32.2. The fraction of sp³-hybridized carbons (Fsp3) is 0.333. The van der Waals surface area contributed by atoms with Gasteiger partial charge in [-0.25, -0.2) is 16.8 Å². The highest BCUT2D eigenvalue weighted by Crippen LogP contribution is 2.32. The number of rotatable bonds is 6. The summed E-state index contributed by atoms with van der Waals surface area (Å²) >= 11 is 0. The molecule has 140 valence electrons. The monoisotopic (exact) mass is 395 g/mol. The molecule has 1 saturated heterocycles. The lowest BCUT2D eigenvalue weighted by molar-refractivity contribution is 0.386. The van der Waals surface area contributed by atoms with Crippen LogP contribution in [0.25, 0.3) is 0 Å². The molecule has 1 heterocycles. The molecule has 0 unspecified atom stereocenters. The van der Waals surface area contributed by atoms with Gasteiger partial charge in [-0.1, -0.05) is 30.3 Å². The van der Waals surface area contributed by atoms with E-state index in [1.807, 2.05) is 0 Å². The molecule has 0 aromatic heterocycles. The Bertz CT molecular complexity index is 972. The van der Waals surface area contributed by atoms with Crippen LogP contribution in [0.4, 0.5) is 0 Å². The van der Waals surface area contributed by atoms with Crippen molar-refractivity contribution in [1.29, 1.82) is 0 Å². The van der Waals surface area contributed by atoms with Crippen molar-refractivity contribution in [1.82, 2.24) is 4.31 Å². The molecule has 8 heteroatoms. The van der Waals surface area contributed by atoms with Crippen LogP contribution in [-0.4, -0.2) is 46.6 Å². The topological polar surface area (TPSA) is 80.8 Å². The molecule has 0 amide bonds. The van der Waals surface area contributed by atoms with Crippen molar-refractivity contribution in [2.24, 2.45) is 0 Å². The molecule has 1 atom stereocenters. The van der Waals surface area contributed by atoms with Gasteiger partial charge in [0.05, 0.1) is 17.8 Å². The molecule has 0 N–H and O–H groups in total. The lowest BCUT2D eigenvalue weighted by atomic mass is 10.3. The van der Waals surface area contributed by atoms with Gasteiger partial charge in [-0.2, -0.15) is 4.31 Å². The first-order chi connectivity index (χ1) is 12.4. The summed E-state index contributed by atoms with van der Waals surface area (Å²) in [6.45, 7) is 0.301. The van der Waals surface area contributed by atoms with Gasteiger partial charge in [-0.05, 0) is 37.1 Å². The number of sulfonamides is 1. The normalized spacial score (nSPS) is 18.7. The zero-order chi connectivity index (χ0) is 18.8. The lowest BCUT2D eigenvalue weighted by Crippen LogP contribution is -2.39. The summed E-state index contributed by atoms with van der Waals surface area (Å²) in [5.74, 6) is 0.0230. The second kappa shape index (κ2) is 7.38. The van der Waals surface area contributed by atoms with E-state index in [4.69, 9.17) is 4.74 Å². The Balaban J connectivity index is 1.91. The maximum Gasteiger partial charge on any atom is 0.247 e. The molecule has 0 bridgehead atoms. The van der Waals surface area contributed by atoms with Crippen LogP contribution < -0.4 is 4.74 Å². The summed E-state index contributed by atoms with van der Waals surface area (Å²) in [5.41, 5.74) is 0. The fourth-order valence-corrected chi connectivity index (χ4v) is 6.79. The molecular formula is C18H21NO5S2. The molecule has 1 aliphatic heterocycles. The molecule has 0 saturated carbocycles. The van der Waals surface area contributed by atoms with Crippen LogP contribution in [0.3, 0.4) is 0 Å². The molecular weight excluding hydrogens is 374 g/mol. The van der Waals surface area contributed by atoms with E-state index in [0.29, 0.717) is 19.4 Å². The minimum absolute atomic E-state index is 0.0616. The Kier molecular flexibility index (Phi) is 5.36. The number of hydrogen-bond donors (Lipinski definition) is 0. The van der Waals surface area contributed by atoms with Crippen LogP contribution >= 0.6 is 0 Å². The summed E-state index contributed by atoms with van der Waals surface area (Å²) < 4.78 is 58.0. The van der Waals surface area contributed by atoms with Gasteiger partial charge in [0.1, 0.15) is 10.6 Å². The van der Waals surface area contributed by atoms with Gasteiger partial charge in [0.2, 0.25) is 10.0 Å². The van der Waals surface area contributed by atoms with E-state index in [1.165, 1.54) is 29.6 Å². The maximum atomic E-state index is 13.1. The zero-order valence-electron chi connectivity index (χ0n) is 14.4. The highest BCUT2D eigenvalue weighted by Gasteiger charge is 2.39. The van der Waals surface area contributed by atoms with Crippen molar-refractivity contribution in [3.8, 4) is 5.75 Å². The standard InChI is InChI=1S/C18H21NO5S2/c1-24-17-11-5-6-12-18(17)26(22,23)19-13-7-8-15(19)14-25(20,21)16-9-3-2-4-10-16/h2-6,9-12,15H,7-8,13-14H2,1H3/t15-/m1/s1.